The number of nitrogens with zero attached hydrogens (tertiary/aromatic N) is 2. The van der Waals surface area contributed by atoms with E-state index >= 15 is 0 Å². The Morgan fingerprint density at radius 3 is 2.69 bits per heavy atom. The fourth-order valence-electron chi connectivity index (χ4n) is 2.99. The van der Waals surface area contributed by atoms with Gasteiger partial charge in [-0.25, -0.2) is 0 Å². The van der Waals surface area contributed by atoms with Gasteiger partial charge in [-0.2, -0.15) is 0 Å². The normalized spacial score (nSPS) is 15.5. The van der Waals surface area contributed by atoms with Crippen molar-refractivity contribution < 1.29 is 14.0 Å². The van der Waals surface area contributed by atoms with E-state index in [1.54, 1.807) is 24.5 Å². The Kier molecular flexibility index (Phi) is 6.30. The van der Waals surface area contributed by atoms with E-state index in [9.17, 15) is 9.59 Å². The number of benzene rings is 1. The zero-order valence-corrected chi connectivity index (χ0v) is 15.2. The molecule has 2 heterocycles. The van der Waals surface area contributed by atoms with Crippen LogP contribution in [0.25, 0.3) is 0 Å². The monoisotopic (exact) mass is 375 g/mol. The molecule has 2 aromatic rings. The Morgan fingerprint density at radius 1 is 1.08 bits per heavy atom. The van der Waals surface area contributed by atoms with E-state index < -0.39 is 0 Å². The summed E-state index contributed by atoms with van der Waals surface area (Å²) < 4.78 is 5.20. The largest absolute Gasteiger partial charge is 0.467 e. The molecule has 1 aromatic carbocycles. The fourth-order valence-corrected chi connectivity index (χ4v) is 3.21. The lowest BCUT2D eigenvalue weighted by molar-refractivity contribution is -0.122. The van der Waals surface area contributed by atoms with Gasteiger partial charge in [0.25, 0.3) is 5.91 Å². The van der Waals surface area contributed by atoms with E-state index in [2.05, 4.69) is 10.2 Å². The van der Waals surface area contributed by atoms with E-state index in [0.717, 1.165) is 18.7 Å². The third kappa shape index (κ3) is 4.86. The number of amides is 2. The highest BCUT2D eigenvalue weighted by molar-refractivity contribution is 6.33. The molecule has 1 fully saturated rings. The number of rotatable bonds is 5. The summed E-state index contributed by atoms with van der Waals surface area (Å²) in [5.41, 5.74) is 0.527. The third-order valence-electron chi connectivity index (χ3n) is 4.39. The number of carbonyl (C=O) groups is 2. The summed E-state index contributed by atoms with van der Waals surface area (Å²) in [4.78, 5) is 28.7. The maximum atomic E-state index is 12.7. The molecule has 6 nitrogen and oxygen atoms in total. The van der Waals surface area contributed by atoms with E-state index in [0.29, 0.717) is 43.3 Å². The minimum atomic E-state index is -0.0558. The van der Waals surface area contributed by atoms with E-state index in [4.69, 9.17) is 16.0 Å². The molecule has 0 bridgehead atoms. The smallest absolute Gasteiger partial charge is 0.255 e. The molecule has 0 saturated carbocycles. The number of nitrogens with one attached hydrogen (secondary N) is 1. The zero-order valence-electron chi connectivity index (χ0n) is 14.5. The van der Waals surface area contributed by atoms with Crippen molar-refractivity contribution in [3.8, 4) is 0 Å². The van der Waals surface area contributed by atoms with E-state index in [1.807, 2.05) is 23.1 Å². The number of carbonyl (C=O) groups excluding carboxylic acids is 2. The zero-order chi connectivity index (χ0) is 18.4. The molecular weight excluding hydrogens is 354 g/mol. The predicted molar refractivity (Wildman–Crippen MR) is 99.0 cm³/mol. The maximum absolute atomic E-state index is 12.7. The first-order valence-corrected chi connectivity index (χ1v) is 9.06. The van der Waals surface area contributed by atoms with E-state index in [1.165, 1.54) is 0 Å². The molecule has 0 spiro atoms. The Hall–Kier alpha value is -2.31. The van der Waals surface area contributed by atoms with Gasteiger partial charge in [-0.15, -0.1) is 0 Å². The fraction of sp³-hybridized carbons (Fsp3) is 0.368. The average molecular weight is 376 g/mol. The summed E-state index contributed by atoms with van der Waals surface area (Å²) in [7, 11) is 0. The third-order valence-corrected chi connectivity index (χ3v) is 4.72. The Balaban J connectivity index is 1.49. The summed E-state index contributed by atoms with van der Waals surface area (Å²) in [6.07, 6.45) is 2.41. The second kappa shape index (κ2) is 8.87. The lowest BCUT2D eigenvalue weighted by Gasteiger charge is -2.22. The van der Waals surface area contributed by atoms with Crippen LogP contribution in [0.3, 0.4) is 0 Å². The predicted octanol–water partition coefficient (Wildman–Crippen LogP) is 2.40. The second-order valence-electron chi connectivity index (χ2n) is 6.26. The number of furan rings is 1. The van der Waals surface area contributed by atoms with Crippen LogP contribution >= 0.6 is 11.6 Å². The Morgan fingerprint density at radius 2 is 1.92 bits per heavy atom. The van der Waals surface area contributed by atoms with E-state index in [-0.39, 0.29) is 11.8 Å². The van der Waals surface area contributed by atoms with Gasteiger partial charge in [-0.3, -0.25) is 14.5 Å². The molecule has 0 aliphatic carbocycles. The summed E-state index contributed by atoms with van der Waals surface area (Å²) >= 11 is 6.14. The molecule has 3 rings (SSSR count). The summed E-state index contributed by atoms with van der Waals surface area (Å²) in [6.45, 7) is 3.38. The van der Waals surface area contributed by atoms with Crippen molar-refractivity contribution in [2.24, 2.45) is 0 Å². The van der Waals surface area contributed by atoms with Crippen LogP contribution in [0.4, 0.5) is 0 Å². The molecule has 138 valence electrons. The van der Waals surface area contributed by atoms with Gasteiger partial charge in [-0.05, 0) is 30.7 Å². The van der Waals surface area contributed by atoms with Gasteiger partial charge in [0, 0.05) is 26.2 Å². The molecule has 26 heavy (non-hydrogen) atoms. The van der Waals surface area contributed by atoms with Crippen LogP contribution in [0, 0.1) is 0 Å². The number of hydrogen-bond acceptors (Lipinski definition) is 4. The highest BCUT2D eigenvalue weighted by Crippen LogP contribution is 2.18. The molecule has 1 aromatic heterocycles. The molecule has 1 saturated heterocycles. The summed E-state index contributed by atoms with van der Waals surface area (Å²) in [5.74, 6) is 0.623. The molecule has 0 unspecified atom stereocenters. The molecule has 0 radical (unpaired) electrons. The van der Waals surface area contributed by atoms with Crippen molar-refractivity contribution in [2.75, 3.05) is 32.7 Å². The van der Waals surface area contributed by atoms with Gasteiger partial charge in [0.15, 0.2) is 0 Å². The van der Waals surface area contributed by atoms with Crippen LogP contribution in [0.5, 0.6) is 0 Å². The number of halogens is 1. The molecular formula is C19H22ClN3O3. The lowest BCUT2D eigenvalue weighted by Crippen LogP contribution is -2.39. The van der Waals surface area contributed by atoms with Crippen LogP contribution in [0.2, 0.25) is 5.02 Å². The van der Waals surface area contributed by atoms with Gasteiger partial charge in [-0.1, -0.05) is 23.7 Å². The summed E-state index contributed by atoms with van der Waals surface area (Å²) in [5, 5.41) is 3.32. The SMILES string of the molecule is O=C(CN1CCCN(C(=O)c2ccccc2Cl)CC1)NCc1ccco1. The van der Waals surface area contributed by atoms with Crippen molar-refractivity contribution in [1.29, 1.82) is 0 Å². The molecule has 0 atom stereocenters. The standard InChI is InChI=1S/C19H22ClN3O3/c20-17-7-2-1-6-16(17)19(25)23-9-4-8-22(10-11-23)14-18(24)21-13-15-5-3-12-26-15/h1-3,5-7,12H,4,8-11,13-14H2,(H,21,24). The highest BCUT2D eigenvalue weighted by atomic mass is 35.5. The Labute approximate surface area is 157 Å². The average Bonchev–Trinajstić information content (AvgIpc) is 3.06. The minimum absolute atomic E-state index is 0.0488. The van der Waals surface area contributed by atoms with Gasteiger partial charge in [0.05, 0.1) is 29.9 Å². The van der Waals surface area contributed by atoms with Gasteiger partial charge in [0.1, 0.15) is 5.76 Å². The molecule has 2 amide bonds. The molecule has 1 aliphatic heterocycles. The highest BCUT2D eigenvalue weighted by Gasteiger charge is 2.22. The van der Waals surface area contributed by atoms with Crippen molar-refractivity contribution in [3.05, 3.63) is 59.0 Å². The number of hydrogen-bond donors (Lipinski definition) is 1. The molecule has 1 N–H and O–H groups in total. The first-order valence-electron chi connectivity index (χ1n) is 8.69. The van der Waals surface area contributed by atoms with Crippen LogP contribution < -0.4 is 5.32 Å². The lowest BCUT2D eigenvalue weighted by atomic mass is 10.2. The van der Waals surface area contributed by atoms with Crippen LogP contribution in [-0.2, 0) is 11.3 Å². The summed E-state index contributed by atoms with van der Waals surface area (Å²) in [6, 6.07) is 10.7. The van der Waals surface area contributed by atoms with Crippen LogP contribution in [0.15, 0.2) is 47.1 Å². The van der Waals surface area contributed by atoms with Crippen molar-refractivity contribution >= 4 is 23.4 Å². The Bertz CT molecular complexity index is 748. The second-order valence-corrected chi connectivity index (χ2v) is 6.67. The first kappa shape index (κ1) is 18.5. The van der Waals surface area contributed by atoms with Crippen molar-refractivity contribution in [1.82, 2.24) is 15.1 Å². The topological polar surface area (TPSA) is 65.8 Å². The first-order chi connectivity index (χ1) is 12.6. The van der Waals surface area contributed by atoms with Gasteiger partial charge >= 0.3 is 0 Å². The maximum Gasteiger partial charge on any atom is 0.255 e. The van der Waals surface area contributed by atoms with Gasteiger partial charge in [0.2, 0.25) is 5.91 Å². The van der Waals surface area contributed by atoms with Crippen molar-refractivity contribution in [2.45, 2.75) is 13.0 Å². The minimum Gasteiger partial charge on any atom is -0.467 e. The quantitative estimate of drug-likeness (QED) is 0.871. The molecule has 7 heteroatoms. The van der Waals surface area contributed by atoms with Crippen LogP contribution in [0.1, 0.15) is 22.5 Å². The van der Waals surface area contributed by atoms with Crippen molar-refractivity contribution in [3.63, 3.8) is 0 Å². The van der Waals surface area contributed by atoms with Crippen LogP contribution in [-0.4, -0.2) is 54.3 Å². The molecule has 1 aliphatic rings. The van der Waals surface area contributed by atoms with Gasteiger partial charge < -0.3 is 14.6 Å².